The number of nitrogens with one attached hydrogen (secondary N) is 2. The van der Waals surface area contributed by atoms with Gasteiger partial charge in [-0.15, -0.1) is 24.0 Å². The number of guanidine groups is 1. The van der Waals surface area contributed by atoms with Crippen molar-refractivity contribution in [2.75, 3.05) is 26.9 Å². The molecule has 0 saturated heterocycles. The fraction of sp³-hybridized carbons (Fsp3) is 0.412. The fourth-order valence-electron chi connectivity index (χ4n) is 2.52. The molecule has 0 radical (unpaired) electrons. The number of benzene rings is 1. The van der Waals surface area contributed by atoms with Crippen molar-refractivity contribution in [3.63, 3.8) is 0 Å². The Kier molecular flexibility index (Phi) is 7.35. The molecule has 1 aliphatic heterocycles. The summed E-state index contributed by atoms with van der Waals surface area (Å²) in [7, 11) is 1.77. The summed E-state index contributed by atoms with van der Waals surface area (Å²) in [6.07, 6.45) is 4.77. The average Bonchev–Trinajstić information content (AvgIpc) is 3.21. The molecule has 7 nitrogen and oxygen atoms in total. The van der Waals surface area contributed by atoms with Gasteiger partial charge >= 0.3 is 0 Å². The van der Waals surface area contributed by atoms with Gasteiger partial charge in [-0.3, -0.25) is 9.67 Å². The Balaban J connectivity index is 0.00000225. The van der Waals surface area contributed by atoms with Gasteiger partial charge in [-0.25, -0.2) is 0 Å². The first-order valence-corrected chi connectivity index (χ1v) is 8.07. The van der Waals surface area contributed by atoms with Crippen molar-refractivity contribution >= 4 is 29.9 Å². The Labute approximate surface area is 164 Å². The normalized spacial score (nSPS) is 12.6. The lowest BCUT2D eigenvalue weighted by molar-refractivity contribution is 0.174. The summed E-state index contributed by atoms with van der Waals surface area (Å²) < 4.78 is 12.6. The molecule has 0 aliphatic carbocycles. The van der Waals surface area contributed by atoms with Crippen molar-refractivity contribution < 1.29 is 9.47 Å². The van der Waals surface area contributed by atoms with E-state index in [2.05, 4.69) is 26.8 Å². The number of fused-ring (bicyclic) bond motifs is 1. The van der Waals surface area contributed by atoms with Gasteiger partial charge in [0.05, 0.1) is 12.7 Å². The first-order valence-electron chi connectivity index (χ1n) is 8.07. The maximum atomic E-state index is 5.40. The van der Waals surface area contributed by atoms with Gasteiger partial charge in [0.2, 0.25) is 6.79 Å². The van der Waals surface area contributed by atoms with Crippen LogP contribution in [0.15, 0.2) is 35.6 Å². The maximum absolute atomic E-state index is 5.40. The number of hydrogen-bond donors (Lipinski definition) is 2. The number of rotatable bonds is 6. The van der Waals surface area contributed by atoms with E-state index in [9.17, 15) is 0 Å². The van der Waals surface area contributed by atoms with Crippen LogP contribution in [0.3, 0.4) is 0 Å². The van der Waals surface area contributed by atoms with Gasteiger partial charge in [0, 0.05) is 26.3 Å². The lowest BCUT2D eigenvalue weighted by Gasteiger charge is -2.12. The topological polar surface area (TPSA) is 72.7 Å². The third-order valence-electron chi connectivity index (χ3n) is 3.76. The zero-order valence-electron chi connectivity index (χ0n) is 14.5. The Morgan fingerprint density at radius 1 is 1.24 bits per heavy atom. The first-order chi connectivity index (χ1) is 11.7. The largest absolute Gasteiger partial charge is 0.454 e. The summed E-state index contributed by atoms with van der Waals surface area (Å²) in [4.78, 5) is 4.23. The summed E-state index contributed by atoms with van der Waals surface area (Å²) in [6.45, 7) is 4.71. The van der Waals surface area contributed by atoms with E-state index in [1.54, 1.807) is 7.05 Å². The smallest absolute Gasteiger partial charge is 0.231 e. The SMILES string of the molecule is CN=C(NCCc1ccc2c(c1)OCO2)NCCn1cc(C)cn1.I. The van der Waals surface area contributed by atoms with E-state index in [0.29, 0.717) is 6.79 Å². The average molecular weight is 457 g/mol. The van der Waals surface area contributed by atoms with Gasteiger partial charge in [0.25, 0.3) is 0 Å². The van der Waals surface area contributed by atoms with Crippen LogP contribution in [0.1, 0.15) is 11.1 Å². The standard InChI is InChI=1S/C17H23N5O2.HI/c1-13-10-21-22(11-13)8-7-20-17(18-2)19-6-5-14-3-4-15-16(9-14)24-12-23-15;/h3-4,9-11H,5-8,12H2,1-2H3,(H2,18,19,20);1H. The van der Waals surface area contributed by atoms with Crippen molar-refractivity contribution in [3.8, 4) is 11.5 Å². The summed E-state index contributed by atoms with van der Waals surface area (Å²) in [5.74, 6) is 2.43. The number of ether oxygens (including phenoxy) is 2. The zero-order chi connectivity index (χ0) is 16.8. The van der Waals surface area contributed by atoms with E-state index in [-0.39, 0.29) is 24.0 Å². The minimum absolute atomic E-state index is 0. The molecular weight excluding hydrogens is 433 g/mol. The van der Waals surface area contributed by atoms with Gasteiger partial charge in [-0.1, -0.05) is 6.07 Å². The van der Waals surface area contributed by atoms with Crippen molar-refractivity contribution in [3.05, 3.63) is 41.7 Å². The second kappa shape index (κ2) is 9.50. The van der Waals surface area contributed by atoms with Crippen LogP contribution in [-0.4, -0.2) is 42.7 Å². The number of halogens is 1. The summed E-state index contributed by atoms with van der Waals surface area (Å²) in [6, 6.07) is 6.04. The molecule has 0 atom stereocenters. The third kappa shape index (κ3) is 5.52. The van der Waals surface area contributed by atoms with E-state index < -0.39 is 0 Å². The maximum Gasteiger partial charge on any atom is 0.231 e. The van der Waals surface area contributed by atoms with Crippen LogP contribution in [0.25, 0.3) is 0 Å². The van der Waals surface area contributed by atoms with Crippen LogP contribution in [0.5, 0.6) is 11.5 Å². The predicted molar refractivity (Wildman–Crippen MR) is 108 cm³/mol. The van der Waals surface area contributed by atoms with Crippen molar-refractivity contribution in [1.82, 2.24) is 20.4 Å². The Morgan fingerprint density at radius 3 is 2.80 bits per heavy atom. The predicted octanol–water partition coefficient (Wildman–Crippen LogP) is 1.95. The molecule has 1 aromatic carbocycles. The first kappa shape index (κ1) is 19.4. The Morgan fingerprint density at radius 2 is 2.04 bits per heavy atom. The minimum Gasteiger partial charge on any atom is -0.454 e. The fourth-order valence-corrected chi connectivity index (χ4v) is 2.52. The molecule has 0 fully saturated rings. The summed E-state index contributed by atoms with van der Waals surface area (Å²) in [5, 5.41) is 10.9. The lowest BCUT2D eigenvalue weighted by atomic mass is 10.1. The molecule has 1 aromatic heterocycles. The Hall–Kier alpha value is -1.97. The zero-order valence-corrected chi connectivity index (χ0v) is 16.8. The second-order valence-corrected chi connectivity index (χ2v) is 5.64. The minimum atomic E-state index is 0. The highest BCUT2D eigenvalue weighted by molar-refractivity contribution is 14.0. The molecule has 136 valence electrons. The van der Waals surface area contributed by atoms with Crippen molar-refractivity contribution in [1.29, 1.82) is 0 Å². The van der Waals surface area contributed by atoms with Gasteiger partial charge in [-0.05, 0) is 36.6 Å². The molecule has 0 amide bonds. The molecule has 25 heavy (non-hydrogen) atoms. The third-order valence-corrected chi connectivity index (χ3v) is 3.76. The van der Waals surface area contributed by atoms with E-state index in [4.69, 9.17) is 9.47 Å². The Bertz CT molecular complexity index is 717. The number of aryl methyl sites for hydroxylation is 1. The molecule has 2 N–H and O–H groups in total. The molecule has 0 bridgehead atoms. The van der Waals surface area contributed by atoms with Crippen molar-refractivity contribution in [2.45, 2.75) is 19.9 Å². The second-order valence-electron chi connectivity index (χ2n) is 5.64. The van der Waals surface area contributed by atoms with Crippen LogP contribution >= 0.6 is 24.0 Å². The molecule has 8 heteroatoms. The van der Waals surface area contributed by atoms with E-state index in [0.717, 1.165) is 43.5 Å². The van der Waals surface area contributed by atoms with Crippen molar-refractivity contribution in [2.24, 2.45) is 4.99 Å². The molecule has 2 heterocycles. The summed E-state index contributed by atoms with van der Waals surface area (Å²) in [5.41, 5.74) is 2.37. The summed E-state index contributed by atoms with van der Waals surface area (Å²) >= 11 is 0. The van der Waals surface area contributed by atoms with Gasteiger partial charge in [0.15, 0.2) is 17.5 Å². The number of nitrogens with zero attached hydrogens (tertiary/aromatic N) is 3. The van der Waals surface area contributed by atoms with Gasteiger partial charge in [0.1, 0.15) is 0 Å². The molecule has 1 aliphatic rings. The molecule has 2 aromatic rings. The van der Waals surface area contributed by atoms with Crippen LogP contribution in [-0.2, 0) is 13.0 Å². The molecule has 0 unspecified atom stereocenters. The highest BCUT2D eigenvalue weighted by Crippen LogP contribution is 2.32. The molecular formula is C17H24IN5O2. The number of aromatic nitrogens is 2. The lowest BCUT2D eigenvalue weighted by Crippen LogP contribution is -2.39. The van der Waals surface area contributed by atoms with E-state index in [1.165, 1.54) is 11.1 Å². The van der Waals surface area contributed by atoms with E-state index in [1.807, 2.05) is 36.1 Å². The highest BCUT2D eigenvalue weighted by Gasteiger charge is 2.12. The van der Waals surface area contributed by atoms with Crippen LogP contribution in [0, 0.1) is 6.92 Å². The number of hydrogen-bond acceptors (Lipinski definition) is 4. The quantitative estimate of drug-likeness (QED) is 0.394. The van der Waals surface area contributed by atoms with E-state index >= 15 is 0 Å². The molecule has 0 saturated carbocycles. The molecule has 0 spiro atoms. The highest BCUT2D eigenvalue weighted by atomic mass is 127. The number of aliphatic imine (C=N–C) groups is 1. The van der Waals surface area contributed by atoms with Crippen LogP contribution in [0.4, 0.5) is 0 Å². The van der Waals surface area contributed by atoms with Crippen LogP contribution in [0.2, 0.25) is 0 Å². The molecule has 3 rings (SSSR count). The van der Waals surface area contributed by atoms with Gasteiger partial charge < -0.3 is 20.1 Å². The van der Waals surface area contributed by atoms with Gasteiger partial charge in [-0.2, -0.15) is 5.10 Å². The monoisotopic (exact) mass is 457 g/mol. The van der Waals surface area contributed by atoms with Crippen LogP contribution < -0.4 is 20.1 Å².